The Balaban J connectivity index is 2.05. The molecule has 0 radical (unpaired) electrons. The van der Waals surface area contributed by atoms with Gasteiger partial charge in [0.1, 0.15) is 0 Å². The molecule has 1 aliphatic carbocycles. The van der Waals surface area contributed by atoms with Crippen LogP contribution in [-0.4, -0.2) is 26.8 Å². The maximum atomic E-state index is 5.13. The van der Waals surface area contributed by atoms with Gasteiger partial charge in [-0.15, -0.1) is 0 Å². The van der Waals surface area contributed by atoms with Crippen molar-refractivity contribution in [1.29, 1.82) is 0 Å². The predicted octanol–water partition coefficient (Wildman–Crippen LogP) is 3.64. The normalized spacial score (nSPS) is 17.6. The molecule has 0 aromatic heterocycles. The highest BCUT2D eigenvalue weighted by Gasteiger charge is 2.34. The van der Waals surface area contributed by atoms with Crippen LogP contribution in [0, 0.1) is 19.3 Å². The minimum atomic E-state index is 0.463. The second-order valence-electron chi connectivity index (χ2n) is 6.42. The van der Waals surface area contributed by atoms with Gasteiger partial charge in [0.2, 0.25) is 0 Å². The lowest BCUT2D eigenvalue weighted by molar-refractivity contribution is 0.189. The highest BCUT2D eigenvalue weighted by Crippen LogP contribution is 2.41. The van der Waals surface area contributed by atoms with Crippen LogP contribution in [0.2, 0.25) is 0 Å². The number of ether oxygens (including phenoxy) is 1. The number of benzene rings is 1. The Morgan fingerprint density at radius 2 is 1.80 bits per heavy atom. The monoisotopic (exact) mass is 275 g/mol. The molecule has 20 heavy (non-hydrogen) atoms. The lowest BCUT2D eigenvalue weighted by atomic mass is 9.78. The van der Waals surface area contributed by atoms with Crippen molar-refractivity contribution in [2.24, 2.45) is 5.41 Å². The van der Waals surface area contributed by atoms with E-state index >= 15 is 0 Å². The molecule has 1 N–H and O–H groups in total. The third-order valence-electron chi connectivity index (χ3n) is 4.84. The smallest absolute Gasteiger partial charge is 0.0587 e. The first kappa shape index (κ1) is 15.5. The maximum Gasteiger partial charge on any atom is 0.0587 e. The number of aryl methyl sites for hydroxylation is 2. The molecule has 0 aliphatic heterocycles. The van der Waals surface area contributed by atoms with Gasteiger partial charge in [0.15, 0.2) is 0 Å². The van der Waals surface area contributed by atoms with E-state index in [4.69, 9.17) is 4.74 Å². The summed E-state index contributed by atoms with van der Waals surface area (Å²) in [7, 11) is 1.77. The molecule has 1 fully saturated rings. The van der Waals surface area contributed by atoms with Crippen LogP contribution in [0.25, 0.3) is 0 Å². The second kappa shape index (κ2) is 7.24. The molecule has 0 heterocycles. The maximum absolute atomic E-state index is 5.13. The summed E-state index contributed by atoms with van der Waals surface area (Å²) in [5.41, 5.74) is 4.94. The number of hydrogen-bond acceptors (Lipinski definition) is 2. The number of nitrogens with one attached hydrogen (secondary N) is 1. The van der Waals surface area contributed by atoms with Gasteiger partial charge in [-0.3, -0.25) is 0 Å². The van der Waals surface area contributed by atoms with E-state index in [1.807, 2.05) is 0 Å². The van der Waals surface area contributed by atoms with Crippen LogP contribution in [0.5, 0.6) is 0 Å². The van der Waals surface area contributed by atoms with Gasteiger partial charge in [0, 0.05) is 20.2 Å². The second-order valence-corrected chi connectivity index (χ2v) is 6.42. The molecule has 0 spiro atoms. The Morgan fingerprint density at radius 3 is 2.40 bits per heavy atom. The molecule has 2 rings (SSSR count). The molecule has 1 aliphatic rings. The van der Waals surface area contributed by atoms with Gasteiger partial charge < -0.3 is 10.1 Å². The Hall–Kier alpha value is -0.860. The fourth-order valence-electron chi connectivity index (χ4n) is 3.57. The van der Waals surface area contributed by atoms with Crippen LogP contribution in [0.4, 0.5) is 0 Å². The quantitative estimate of drug-likeness (QED) is 0.767. The van der Waals surface area contributed by atoms with E-state index in [1.54, 1.807) is 12.7 Å². The predicted molar refractivity (Wildman–Crippen MR) is 85.3 cm³/mol. The summed E-state index contributed by atoms with van der Waals surface area (Å²) in [5.74, 6) is 0. The molecule has 2 heteroatoms. The van der Waals surface area contributed by atoms with Gasteiger partial charge in [0.25, 0.3) is 0 Å². The van der Waals surface area contributed by atoms with Crippen molar-refractivity contribution in [3.05, 3.63) is 34.9 Å². The molecule has 1 aromatic carbocycles. The molecule has 112 valence electrons. The van der Waals surface area contributed by atoms with Crippen molar-refractivity contribution in [2.45, 2.75) is 46.0 Å². The number of rotatable bonds is 7. The molecule has 0 atom stereocenters. The zero-order valence-electron chi connectivity index (χ0n) is 13.3. The zero-order valence-corrected chi connectivity index (χ0v) is 13.3. The summed E-state index contributed by atoms with van der Waals surface area (Å²) in [4.78, 5) is 0. The van der Waals surface area contributed by atoms with Crippen molar-refractivity contribution in [1.82, 2.24) is 5.32 Å². The lowest BCUT2D eigenvalue weighted by Gasteiger charge is -2.31. The minimum Gasteiger partial charge on any atom is -0.383 e. The van der Waals surface area contributed by atoms with Crippen LogP contribution in [-0.2, 0) is 11.2 Å². The summed E-state index contributed by atoms with van der Waals surface area (Å²) in [6.45, 7) is 7.40. The molecule has 2 nitrogen and oxygen atoms in total. The van der Waals surface area contributed by atoms with Gasteiger partial charge in [-0.1, -0.05) is 31.0 Å². The standard InChI is InChI=1S/C18H29NO/c1-15-7-6-8-16(2)17(15)13-18(9-4-5-10-18)14-19-11-12-20-3/h6-8,19H,4-5,9-14H2,1-3H3. The summed E-state index contributed by atoms with van der Waals surface area (Å²) < 4.78 is 5.13. The topological polar surface area (TPSA) is 21.3 Å². The van der Waals surface area contributed by atoms with Crippen LogP contribution in [0.1, 0.15) is 42.4 Å². The lowest BCUT2D eigenvalue weighted by Crippen LogP contribution is -2.35. The van der Waals surface area contributed by atoms with E-state index in [2.05, 4.69) is 37.4 Å². The first-order valence-electron chi connectivity index (χ1n) is 7.92. The third-order valence-corrected chi connectivity index (χ3v) is 4.84. The van der Waals surface area contributed by atoms with Crippen LogP contribution in [0.3, 0.4) is 0 Å². The van der Waals surface area contributed by atoms with Crippen molar-refractivity contribution in [3.8, 4) is 0 Å². The van der Waals surface area contributed by atoms with Gasteiger partial charge in [0.05, 0.1) is 6.61 Å². The van der Waals surface area contributed by atoms with E-state index in [9.17, 15) is 0 Å². The largest absolute Gasteiger partial charge is 0.383 e. The summed E-state index contributed by atoms with van der Waals surface area (Å²) in [6, 6.07) is 6.68. The SMILES string of the molecule is COCCNCC1(Cc2c(C)cccc2C)CCCC1. The van der Waals surface area contributed by atoms with Gasteiger partial charge in [-0.25, -0.2) is 0 Å². The average molecular weight is 275 g/mol. The molecule has 1 aromatic rings. The van der Waals surface area contributed by atoms with Gasteiger partial charge in [-0.05, 0) is 55.2 Å². The summed E-state index contributed by atoms with van der Waals surface area (Å²) >= 11 is 0. The van der Waals surface area contributed by atoms with Crippen LogP contribution >= 0.6 is 0 Å². The van der Waals surface area contributed by atoms with E-state index in [0.29, 0.717) is 5.41 Å². The van der Waals surface area contributed by atoms with E-state index in [0.717, 1.165) is 19.7 Å². The van der Waals surface area contributed by atoms with E-state index in [-0.39, 0.29) is 0 Å². The van der Waals surface area contributed by atoms with Crippen LogP contribution in [0.15, 0.2) is 18.2 Å². The Labute approximate surface area is 123 Å². The fraction of sp³-hybridized carbons (Fsp3) is 0.667. The van der Waals surface area contributed by atoms with E-state index < -0.39 is 0 Å². The highest BCUT2D eigenvalue weighted by molar-refractivity contribution is 5.34. The summed E-state index contributed by atoms with van der Waals surface area (Å²) in [5, 5.41) is 3.60. The highest BCUT2D eigenvalue weighted by atomic mass is 16.5. The van der Waals surface area contributed by atoms with Crippen molar-refractivity contribution in [3.63, 3.8) is 0 Å². The fourth-order valence-corrected chi connectivity index (χ4v) is 3.57. The van der Waals surface area contributed by atoms with E-state index in [1.165, 1.54) is 43.2 Å². The molecule has 0 bridgehead atoms. The zero-order chi connectivity index (χ0) is 14.4. The van der Waals surface area contributed by atoms with Gasteiger partial charge >= 0.3 is 0 Å². The molecule has 0 saturated heterocycles. The Kier molecular flexibility index (Phi) is 5.62. The molecule has 1 saturated carbocycles. The van der Waals surface area contributed by atoms with Crippen LogP contribution < -0.4 is 5.32 Å². The molecular formula is C18H29NO. The first-order valence-corrected chi connectivity index (χ1v) is 7.92. The average Bonchev–Trinajstić information content (AvgIpc) is 2.89. The minimum absolute atomic E-state index is 0.463. The number of methoxy groups -OCH3 is 1. The van der Waals surface area contributed by atoms with Crippen molar-refractivity contribution >= 4 is 0 Å². The summed E-state index contributed by atoms with van der Waals surface area (Å²) in [6.07, 6.45) is 6.72. The van der Waals surface area contributed by atoms with Crippen molar-refractivity contribution < 1.29 is 4.74 Å². The molecular weight excluding hydrogens is 246 g/mol. The Bertz CT molecular complexity index is 401. The van der Waals surface area contributed by atoms with Crippen molar-refractivity contribution in [2.75, 3.05) is 26.8 Å². The first-order chi connectivity index (χ1) is 9.67. The van der Waals surface area contributed by atoms with Gasteiger partial charge in [-0.2, -0.15) is 0 Å². The number of hydrogen-bond donors (Lipinski definition) is 1. The molecule has 0 amide bonds. The molecule has 0 unspecified atom stereocenters. The Morgan fingerprint density at radius 1 is 1.15 bits per heavy atom. The third kappa shape index (κ3) is 3.83.